The molecule has 0 radical (unpaired) electrons. The number of ether oxygens (including phenoxy) is 2. The maximum absolute atomic E-state index is 14.3. The van der Waals surface area contributed by atoms with E-state index in [-0.39, 0.29) is 24.5 Å². The van der Waals surface area contributed by atoms with Crippen molar-refractivity contribution in [1.82, 2.24) is 4.90 Å². The van der Waals surface area contributed by atoms with Gasteiger partial charge >= 0.3 is 0 Å². The van der Waals surface area contributed by atoms with Gasteiger partial charge in [0.2, 0.25) is 0 Å². The van der Waals surface area contributed by atoms with Crippen molar-refractivity contribution in [2.24, 2.45) is 5.16 Å². The molecule has 0 saturated carbocycles. The Morgan fingerprint density at radius 2 is 1.76 bits per heavy atom. The summed E-state index contributed by atoms with van der Waals surface area (Å²) in [5.41, 5.74) is 2.19. The monoisotopic (exact) mass is 466 g/mol. The number of halogens is 2. The summed E-state index contributed by atoms with van der Waals surface area (Å²) < 4.78 is 38.3. The van der Waals surface area contributed by atoms with Gasteiger partial charge < -0.3 is 19.2 Å². The molecule has 34 heavy (non-hydrogen) atoms. The number of hydrogen-bond acceptors (Lipinski definition) is 5. The molecule has 8 heteroatoms. The summed E-state index contributed by atoms with van der Waals surface area (Å²) in [5.74, 6) is -0.290. The van der Waals surface area contributed by atoms with E-state index < -0.39 is 17.8 Å². The maximum atomic E-state index is 14.3. The SMILES string of the molecule is COc1ccc(C2=NO[C@H](CN(Cc3ccc(F)cc3)C(=O)c3ccccc3F)C2)cc1OC. The average molecular weight is 466 g/mol. The summed E-state index contributed by atoms with van der Waals surface area (Å²) in [7, 11) is 3.12. The van der Waals surface area contributed by atoms with E-state index in [2.05, 4.69) is 5.16 Å². The number of rotatable bonds is 8. The summed E-state index contributed by atoms with van der Waals surface area (Å²) in [6, 6.07) is 17.1. The summed E-state index contributed by atoms with van der Waals surface area (Å²) in [5, 5.41) is 4.20. The maximum Gasteiger partial charge on any atom is 0.257 e. The van der Waals surface area contributed by atoms with E-state index in [9.17, 15) is 13.6 Å². The Kier molecular flexibility index (Phi) is 7.06. The van der Waals surface area contributed by atoms with Gasteiger partial charge in [-0.05, 0) is 48.0 Å². The van der Waals surface area contributed by atoms with E-state index in [1.54, 1.807) is 38.5 Å². The van der Waals surface area contributed by atoms with Crippen molar-refractivity contribution in [3.63, 3.8) is 0 Å². The molecule has 4 rings (SSSR count). The Hall–Kier alpha value is -3.94. The number of methoxy groups -OCH3 is 2. The van der Waals surface area contributed by atoms with E-state index in [0.717, 1.165) is 5.56 Å². The zero-order valence-corrected chi connectivity index (χ0v) is 18.8. The van der Waals surface area contributed by atoms with Crippen LogP contribution in [0.15, 0.2) is 71.9 Å². The molecular weight excluding hydrogens is 442 g/mol. The molecule has 0 N–H and O–H groups in total. The van der Waals surface area contributed by atoms with Crippen LogP contribution in [0, 0.1) is 11.6 Å². The van der Waals surface area contributed by atoms with Gasteiger partial charge in [0.05, 0.1) is 32.0 Å². The fraction of sp³-hybridized carbons (Fsp3) is 0.231. The van der Waals surface area contributed by atoms with Crippen LogP contribution in [0.25, 0.3) is 0 Å². The Balaban J connectivity index is 1.52. The van der Waals surface area contributed by atoms with Crippen LogP contribution >= 0.6 is 0 Å². The van der Waals surface area contributed by atoms with Crippen LogP contribution in [-0.4, -0.2) is 43.4 Å². The first-order valence-electron chi connectivity index (χ1n) is 10.7. The molecule has 3 aromatic carbocycles. The van der Waals surface area contributed by atoms with Crippen molar-refractivity contribution < 1.29 is 27.9 Å². The van der Waals surface area contributed by atoms with Gasteiger partial charge in [-0.25, -0.2) is 8.78 Å². The Bertz CT molecular complexity index is 1200. The predicted octanol–water partition coefficient (Wildman–Crippen LogP) is 4.82. The smallest absolute Gasteiger partial charge is 0.257 e. The van der Waals surface area contributed by atoms with Gasteiger partial charge in [-0.15, -0.1) is 0 Å². The number of oxime groups is 1. The lowest BCUT2D eigenvalue weighted by atomic mass is 10.0. The average Bonchev–Trinajstić information content (AvgIpc) is 3.33. The number of benzene rings is 3. The zero-order chi connectivity index (χ0) is 24.1. The second kappa shape index (κ2) is 10.3. The van der Waals surface area contributed by atoms with Gasteiger partial charge in [-0.1, -0.05) is 29.4 Å². The Morgan fingerprint density at radius 1 is 1.03 bits per heavy atom. The summed E-state index contributed by atoms with van der Waals surface area (Å²) in [6.07, 6.45) is 0.0132. The minimum Gasteiger partial charge on any atom is -0.493 e. The third kappa shape index (κ3) is 5.17. The van der Waals surface area contributed by atoms with Crippen molar-refractivity contribution >= 4 is 11.6 Å². The summed E-state index contributed by atoms with van der Waals surface area (Å²) in [4.78, 5) is 20.3. The van der Waals surface area contributed by atoms with Crippen LogP contribution in [0.5, 0.6) is 11.5 Å². The van der Waals surface area contributed by atoms with Gasteiger partial charge in [0.25, 0.3) is 5.91 Å². The predicted molar refractivity (Wildman–Crippen MR) is 123 cm³/mol. The number of nitrogens with zero attached hydrogens (tertiary/aromatic N) is 2. The van der Waals surface area contributed by atoms with Crippen molar-refractivity contribution in [2.45, 2.75) is 19.1 Å². The van der Waals surface area contributed by atoms with Crippen molar-refractivity contribution in [2.75, 3.05) is 20.8 Å². The topological polar surface area (TPSA) is 60.4 Å². The normalized spacial score (nSPS) is 14.8. The van der Waals surface area contributed by atoms with Crippen LogP contribution in [0.3, 0.4) is 0 Å². The van der Waals surface area contributed by atoms with Gasteiger partial charge in [-0.2, -0.15) is 0 Å². The number of amides is 1. The molecule has 6 nitrogen and oxygen atoms in total. The largest absolute Gasteiger partial charge is 0.493 e. The zero-order valence-electron chi connectivity index (χ0n) is 18.8. The third-order valence-corrected chi connectivity index (χ3v) is 5.55. The fourth-order valence-corrected chi connectivity index (χ4v) is 3.79. The summed E-state index contributed by atoms with van der Waals surface area (Å²) in [6.45, 7) is 0.337. The second-order valence-electron chi connectivity index (χ2n) is 7.83. The van der Waals surface area contributed by atoms with Crippen molar-refractivity contribution in [3.8, 4) is 11.5 Å². The molecule has 0 bridgehead atoms. The first-order chi connectivity index (χ1) is 16.5. The van der Waals surface area contributed by atoms with E-state index in [1.807, 2.05) is 12.1 Å². The van der Waals surface area contributed by atoms with E-state index in [1.165, 1.54) is 35.2 Å². The van der Waals surface area contributed by atoms with Crippen LogP contribution in [0.1, 0.15) is 27.9 Å². The van der Waals surface area contributed by atoms with Gasteiger partial charge in [0.1, 0.15) is 11.6 Å². The first kappa shape index (κ1) is 23.2. The lowest BCUT2D eigenvalue weighted by Gasteiger charge is -2.25. The quantitative estimate of drug-likeness (QED) is 0.478. The first-order valence-corrected chi connectivity index (χ1v) is 10.7. The molecule has 1 atom stereocenters. The van der Waals surface area contributed by atoms with Crippen LogP contribution < -0.4 is 9.47 Å². The molecule has 0 unspecified atom stereocenters. The Morgan fingerprint density at radius 3 is 2.47 bits per heavy atom. The van der Waals surface area contributed by atoms with Crippen LogP contribution in [0.4, 0.5) is 8.78 Å². The molecule has 0 spiro atoms. The highest BCUT2D eigenvalue weighted by atomic mass is 19.1. The Labute approximate surface area is 196 Å². The molecule has 0 aliphatic carbocycles. The van der Waals surface area contributed by atoms with E-state index >= 15 is 0 Å². The minimum atomic E-state index is -0.605. The third-order valence-electron chi connectivity index (χ3n) is 5.55. The lowest BCUT2D eigenvalue weighted by Crippen LogP contribution is -2.37. The highest BCUT2D eigenvalue weighted by Crippen LogP contribution is 2.30. The molecule has 1 aliphatic rings. The standard InChI is InChI=1S/C26H24F2N2O4/c1-32-24-12-9-18(13-25(24)33-2)23-14-20(34-29-23)16-30(15-17-7-10-19(27)11-8-17)26(31)21-5-3-4-6-22(21)28/h3-13,20H,14-16H2,1-2H3/t20-/m0/s1. The molecule has 1 aliphatic heterocycles. The highest BCUT2D eigenvalue weighted by Gasteiger charge is 2.29. The minimum absolute atomic E-state index is 0.0383. The molecule has 1 heterocycles. The molecule has 0 aromatic heterocycles. The second-order valence-corrected chi connectivity index (χ2v) is 7.83. The molecule has 0 fully saturated rings. The number of carbonyl (C=O) groups is 1. The lowest BCUT2D eigenvalue weighted by molar-refractivity contribution is 0.0402. The fourth-order valence-electron chi connectivity index (χ4n) is 3.79. The van der Waals surface area contributed by atoms with Crippen LogP contribution in [0.2, 0.25) is 0 Å². The molecule has 0 saturated heterocycles. The molecule has 176 valence electrons. The van der Waals surface area contributed by atoms with Gasteiger partial charge in [-0.3, -0.25) is 4.79 Å². The number of carbonyl (C=O) groups excluding carboxylic acids is 1. The van der Waals surface area contributed by atoms with E-state index in [4.69, 9.17) is 14.3 Å². The highest BCUT2D eigenvalue weighted by molar-refractivity contribution is 6.02. The van der Waals surface area contributed by atoms with Gasteiger partial charge in [0, 0.05) is 18.5 Å². The van der Waals surface area contributed by atoms with E-state index in [0.29, 0.717) is 29.2 Å². The number of hydrogen-bond donors (Lipinski definition) is 0. The molecular formula is C26H24F2N2O4. The van der Waals surface area contributed by atoms with Crippen LogP contribution in [-0.2, 0) is 11.4 Å². The summed E-state index contributed by atoms with van der Waals surface area (Å²) >= 11 is 0. The van der Waals surface area contributed by atoms with Gasteiger partial charge in [0.15, 0.2) is 17.6 Å². The molecule has 1 amide bonds. The van der Waals surface area contributed by atoms with Crippen molar-refractivity contribution in [3.05, 3.63) is 95.1 Å². The molecule has 3 aromatic rings. The van der Waals surface area contributed by atoms with Crippen molar-refractivity contribution in [1.29, 1.82) is 0 Å².